The van der Waals surface area contributed by atoms with E-state index in [0.29, 0.717) is 12.8 Å². The van der Waals surface area contributed by atoms with E-state index in [1.165, 1.54) is 6.92 Å². The first-order valence-electron chi connectivity index (χ1n) is 6.33. The summed E-state index contributed by atoms with van der Waals surface area (Å²) in [5.74, 6) is -2.24. The molecule has 6 nitrogen and oxygen atoms in total. The number of methoxy groups -OCH3 is 1. The van der Waals surface area contributed by atoms with Gasteiger partial charge in [-0.1, -0.05) is 0 Å². The van der Waals surface area contributed by atoms with Gasteiger partial charge in [0.1, 0.15) is 5.82 Å². The highest BCUT2D eigenvalue weighted by atomic mass is 32.2. The third kappa shape index (κ3) is 3.22. The number of carboxylic acid groups (broad SMARTS) is 1. The number of carboxylic acids is 1. The number of hydrogen-bond acceptors (Lipinski definition) is 4. The van der Waals surface area contributed by atoms with Crippen molar-refractivity contribution in [3.05, 3.63) is 29.1 Å². The highest BCUT2D eigenvalue weighted by Gasteiger charge is 2.33. The van der Waals surface area contributed by atoms with E-state index in [2.05, 4.69) is 4.72 Å². The molecular formula is C13H16FNO5S. The van der Waals surface area contributed by atoms with Crippen LogP contribution in [-0.2, 0) is 14.8 Å². The number of rotatable bonds is 5. The minimum atomic E-state index is -3.97. The number of carbonyl (C=O) groups is 1. The van der Waals surface area contributed by atoms with Crippen LogP contribution in [0.25, 0.3) is 0 Å². The van der Waals surface area contributed by atoms with Crippen LogP contribution in [0.5, 0.6) is 0 Å². The van der Waals surface area contributed by atoms with Crippen LogP contribution < -0.4 is 4.72 Å². The molecule has 2 N–H and O–H groups in total. The van der Waals surface area contributed by atoms with Gasteiger partial charge in [0.05, 0.1) is 16.6 Å². The molecule has 0 spiro atoms. The number of aromatic carboxylic acids is 1. The molecular weight excluding hydrogens is 301 g/mol. The molecule has 1 saturated carbocycles. The molecule has 0 aromatic heterocycles. The normalized spacial score (nSPS) is 21.9. The van der Waals surface area contributed by atoms with Gasteiger partial charge in [0.25, 0.3) is 0 Å². The van der Waals surface area contributed by atoms with E-state index in [1.54, 1.807) is 7.11 Å². The second kappa shape index (κ2) is 5.70. The average molecular weight is 317 g/mol. The average Bonchev–Trinajstić information content (AvgIpc) is 2.35. The second-order valence-electron chi connectivity index (χ2n) is 5.03. The summed E-state index contributed by atoms with van der Waals surface area (Å²) < 4.78 is 45.7. The van der Waals surface area contributed by atoms with Gasteiger partial charge in [0.2, 0.25) is 10.0 Å². The molecule has 8 heteroatoms. The molecule has 21 heavy (non-hydrogen) atoms. The van der Waals surface area contributed by atoms with Crippen LogP contribution in [0.15, 0.2) is 17.0 Å². The first-order chi connectivity index (χ1) is 9.74. The molecule has 0 heterocycles. The van der Waals surface area contributed by atoms with Gasteiger partial charge in [-0.05, 0) is 31.9 Å². The number of nitrogens with one attached hydrogen (secondary N) is 1. The molecule has 1 aliphatic carbocycles. The second-order valence-corrected chi connectivity index (χ2v) is 6.72. The predicted molar refractivity (Wildman–Crippen MR) is 72.2 cm³/mol. The number of ether oxygens (including phenoxy) is 1. The molecule has 116 valence electrons. The van der Waals surface area contributed by atoms with Crippen molar-refractivity contribution in [1.29, 1.82) is 0 Å². The van der Waals surface area contributed by atoms with Gasteiger partial charge in [0, 0.05) is 18.7 Å². The summed E-state index contributed by atoms with van der Waals surface area (Å²) in [6.45, 7) is 1.30. The van der Waals surface area contributed by atoms with Crippen LogP contribution in [0.2, 0.25) is 0 Å². The van der Waals surface area contributed by atoms with Crippen molar-refractivity contribution in [1.82, 2.24) is 4.72 Å². The molecule has 0 saturated heterocycles. The number of sulfonamides is 1. The van der Waals surface area contributed by atoms with E-state index in [4.69, 9.17) is 9.84 Å². The summed E-state index contributed by atoms with van der Waals surface area (Å²) in [5.41, 5.74) is -0.503. The van der Waals surface area contributed by atoms with Gasteiger partial charge in [-0.15, -0.1) is 0 Å². The Morgan fingerprint density at radius 2 is 2.05 bits per heavy atom. The van der Waals surface area contributed by atoms with Crippen molar-refractivity contribution in [3.63, 3.8) is 0 Å². The van der Waals surface area contributed by atoms with Gasteiger partial charge in [0.15, 0.2) is 0 Å². The Bertz CT molecular complexity index is 667. The Balaban J connectivity index is 2.29. The van der Waals surface area contributed by atoms with Crippen molar-refractivity contribution in [3.8, 4) is 0 Å². The van der Waals surface area contributed by atoms with Crippen molar-refractivity contribution >= 4 is 16.0 Å². The molecule has 1 aliphatic rings. The third-order valence-electron chi connectivity index (χ3n) is 3.58. The molecule has 2 rings (SSSR count). The SMILES string of the molecule is COC1CC(NS(=O)(=O)c2cc(C(=O)O)cc(F)c2C)C1. The van der Waals surface area contributed by atoms with Gasteiger partial charge in [-0.3, -0.25) is 0 Å². The van der Waals surface area contributed by atoms with Gasteiger partial charge in [-0.2, -0.15) is 0 Å². The Kier molecular flexibility index (Phi) is 4.31. The molecule has 0 bridgehead atoms. The largest absolute Gasteiger partial charge is 0.478 e. The lowest BCUT2D eigenvalue weighted by atomic mass is 9.90. The van der Waals surface area contributed by atoms with E-state index < -0.39 is 27.4 Å². The van der Waals surface area contributed by atoms with Crippen molar-refractivity contribution in [2.24, 2.45) is 0 Å². The van der Waals surface area contributed by atoms with Crippen LogP contribution in [-0.4, -0.2) is 38.7 Å². The lowest BCUT2D eigenvalue weighted by Gasteiger charge is -2.34. The quantitative estimate of drug-likeness (QED) is 0.853. The molecule has 0 aliphatic heterocycles. The molecule has 0 radical (unpaired) electrons. The molecule has 0 atom stereocenters. The number of benzene rings is 1. The van der Waals surface area contributed by atoms with Crippen LogP contribution >= 0.6 is 0 Å². The highest BCUT2D eigenvalue weighted by molar-refractivity contribution is 7.89. The predicted octanol–water partition coefficient (Wildman–Crippen LogP) is 1.29. The lowest BCUT2D eigenvalue weighted by Crippen LogP contribution is -2.47. The summed E-state index contributed by atoms with van der Waals surface area (Å²) in [6, 6.07) is 1.49. The van der Waals surface area contributed by atoms with E-state index in [9.17, 15) is 17.6 Å². The summed E-state index contributed by atoms with van der Waals surface area (Å²) in [5, 5.41) is 8.90. The first kappa shape index (κ1) is 15.9. The lowest BCUT2D eigenvalue weighted by molar-refractivity contribution is 0.0236. The van der Waals surface area contributed by atoms with Crippen LogP contribution in [0.3, 0.4) is 0 Å². The minimum absolute atomic E-state index is 0.0147. The van der Waals surface area contributed by atoms with Gasteiger partial charge >= 0.3 is 5.97 Å². The summed E-state index contributed by atoms with van der Waals surface area (Å²) in [6.07, 6.45) is 1.09. The molecule has 1 aromatic carbocycles. The van der Waals surface area contributed by atoms with Crippen LogP contribution in [0, 0.1) is 12.7 Å². The first-order valence-corrected chi connectivity index (χ1v) is 7.81. The van der Waals surface area contributed by atoms with Gasteiger partial charge in [-0.25, -0.2) is 22.3 Å². The van der Waals surface area contributed by atoms with Crippen molar-refractivity contribution in [2.75, 3.05) is 7.11 Å². The number of hydrogen-bond donors (Lipinski definition) is 2. The maximum Gasteiger partial charge on any atom is 0.335 e. The third-order valence-corrected chi connectivity index (χ3v) is 5.23. The Morgan fingerprint density at radius 1 is 1.43 bits per heavy atom. The van der Waals surface area contributed by atoms with E-state index in [1.807, 2.05) is 0 Å². The fourth-order valence-corrected chi connectivity index (χ4v) is 3.73. The molecule has 0 amide bonds. The summed E-state index contributed by atoms with van der Waals surface area (Å²) in [4.78, 5) is 10.6. The van der Waals surface area contributed by atoms with E-state index in [-0.39, 0.29) is 22.6 Å². The fourth-order valence-electron chi connectivity index (χ4n) is 2.19. The zero-order chi connectivity index (χ0) is 15.8. The topological polar surface area (TPSA) is 92.7 Å². The highest BCUT2D eigenvalue weighted by Crippen LogP contribution is 2.26. The van der Waals surface area contributed by atoms with Crippen LogP contribution in [0.4, 0.5) is 4.39 Å². The summed E-state index contributed by atoms with van der Waals surface area (Å²) in [7, 11) is -2.42. The Morgan fingerprint density at radius 3 is 2.57 bits per heavy atom. The van der Waals surface area contributed by atoms with E-state index >= 15 is 0 Å². The fraction of sp³-hybridized carbons (Fsp3) is 0.462. The molecule has 1 aromatic rings. The van der Waals surface area contributed by atoms with Crippen molar-refractivity contribution in [2.45, 2.75) is 36.8 Å². The monoisotopic (exact) mass is 317 g/mol. The van der Waals surface area contributed by atoms with Gasteiger partial charge < -0.3 is 9.84 Å². The summed E-state index contributed by atoms with van der Waals surface area (Å²) >= 11 is 0. The standard InChI is InChI=1S/C13H16FNO5S/c1-7-11(14)3-8(13(16)17)4-12(7)21(18,19)15-9-5-10(6-9)20-2/h3-4,9-10,15H,5-6H2,1-2H3,(H,16,17). The zero-order valence-electron chi connectivity index (χ0n) is 11.6. The van der Waals surface area contributed by atoms with E-state index in [0.717, 1.165) is 12.1 Å². The maximum atomic E-state index is 13.7. The van der Waals surface area contributed by atoms with Crippen LogP contribution in [0.1, 0.15) is 28.8 Å². The Hall–Kier alpha value is -1.51. The van der Waals surface area contributed by atoms with Crippen molar-refractivity contribution < 1.29 is 27.4 Å². The minimum Gasteiger partial charge on any atom is -0.478 e. The molecule has 1 fully saturated rings. The smallest absolute Gasteiger partial charge is 0.335 e. The molecule has 0 unspecified atom stereocenters. The maximum absolute atomic E-state index is 13.7. The Labute approximate surface area is 122 Å². The zero-order valence-corrected chi connectivity index (χ0v) is 12.4. The number of halogens is 1.